The second-order valence-electron chi connectivity index (χ2n) is 7.54. The molecule has 6 nitrogen and oxygen atoms in total. The van der Waals surface area contributed by atoms with Crippen LogP contribution in [0.5, 0.6) is 0 Å². The Labute approximate surface area is 188 Å². The fourth-order valence-electron chi connectivity index (χ4n) is 3.62. The molecule has 0 radical (unpaired) electrons. The maximum absolute atomic E-state index is 12.7. The van der Waals surface area contributed by atoms with Gasteiger partial charge in [-0.15, -0.1) is 0 Å². The monoisotopic (exact) mass is 446 g/mol. The van der Waals surface area contributed by atoms with Crippen LogP contribution in [0.2, 0.25) is 0 Å². The standard InChI is InChI=1S/C25H26N4O2S/c30-32(31,25-7-1-5-23-19-28-15-12-24(23)25)29-17-16-26-13-2-4-20-8-10-21(11-9-20)22-6-3-14-27-18-22/h1,3,5-12,14-15,18-19,26,29H,2,4,13,16-17H2. The lowest BCUT2D eigenvalue weighted by atomic mass is 10.0. The number of benzene rings is 2. The van der Waals surface area contributed by atoms with Crippen LogP contribution in [0.1, 0.15) is 12.0 Å². The molecular formula is C25H26N4O2S. The van der Waals surface area contributed by atoms with Crippen molar-refractivity contribution >= 4 is 20.8 Å². The highest BCUT2D eigenvalue weighted by Crippen LogP contribution is 2.21. The van der Waals surface area contributed by atoms with E-state index in [1.807, 2.05) is 18.3 Å². The first kappa shape index (κ1) is 22.1. The van der Waals surface area contributed by atoms with Crippen LogP contribution in [-0.4, -0.2) is 38.0 Å². The van der Waals surface area contributed by atoms with Crippen LogP contribution >= 0.6 is 0 Å². The molecule has 0 fully saturated rings. The van der Waals surface area contributed by atoms with Gasteiger partial charge in [0.15, 0.2) is 0 Å². The van der Waals surface area contributed by atoms with E-state index >= 15 is 0 Å². The minimum Gasteiger partial charge on any atom is -0.315 e. The maximum atomic E-state index is 12.7. The van der Waals surface area contributed by atoms with Crippen molar-refractivity contribution in [3.63, 3.8) is 0 Å². The van der Waals surface area contributed by atoms with Crippen LogP contribution in [0, 0.1) is 0 Å². The summed E-state index contributed by atoms with van der Waals surface area (Å²) in [5, 5.41) is 4.79. The van der Waals surface area contributed by atoms with Gasteiger partial charge in [-0.05, 0) is 54.3 Å². The first-order valence-electron chi connectivity index (χ1n) is 10.7. The summed E-state index contributed by atoms with van der Waals surface area (Å²) in [6, 6.07) is 19.5. The van der Waals surface area contributed by atoms with Crippen LogP contribution in [0.15, 0.2) is 90.3 Å². The normalized spacial score (nSPS) is 11.6. The molecule has 0 bridgehead atoms. The van der Waals surface area contributed by atoms with E-state index in [2.05, 4.69) is 50.3 Å². The van der Waals surface area contributed by atoms with Crippen molar-refractivity contribution in [2.24, 2.45) is 0 Å². The predicted octanol–water partition coefficient (Wildman–Crippen LogP) is 3.80. The van der Waals surface area contributed by atoms with Gasteiger partial charge in [0, 0.05) is 48.6 Å². The molecule has 2 heterocycles. The molecule has 0 saturated heterocycles. The third kappa shape index (κ3) is 5.56. The van der Waals surface area contributed by atoms with Gasteiger partial charge in [-0.1, -0.05) is 42.5 Å². The molecule has 2 aromatic heterocycles. The molecule has 0 aliphatic carbocycles. The van der Waals surface area contributed by atoms with Crippen LogP contribution in [0.3, 0.4) is 0 Å². The van der Waals surface area contributed by atoms with Crippen LogP contribution in [-0.2, 0) is 16.4 Å². The lowest BCUT2D eigenvalue weighted by molar-refractivity contribution is 0.575. The Morgan fingerprint density at radius 2 is 1.59 bits per heavy atom. The Kier molecular flexibility index (Phi) is 7.21. The summed E-state index contributed by atoms with van der Waals surface area (Å²) in [4.78, 5) is 8.50. The average molecular weight is 447 g/mol. The van der Waals surface area contributed by atoms with E-state index in [9.17, 15) is 8.42 Å². The molecule has 7 heteroatoms. The molecular weight excluding hydrogens is 420 g/mol. The van der Waals surface area contributed by atoms with Gasteiger partial charge in [0.1, 0.15) is 0 Å². The van der Waals surface area contributed by atoms with Crippen molar-refractivity contribution in [1.82, 2.24) is 20.0 Å². The van der Waals surface area contributed by atoms with Crippen molar-refractivity contribution in [2.75, 3.05) is 19.6 Å². The van der Waals surface area contributed by atoms with Gasteiger partial charge in [0.2, 0.25) is 10.0 Å². The molecule has 2 aromatic carbocycles. The highest BCUT2D eigenvalue weighted by atomic mass is 32.2. The van der Waals surface area contributed by atoms with Gasteiger partial charge >= 0.3 is 0 Å². The second-order valence-corrected chi connectivity index (χ2v) is 9.28. The molecule has 0 saturated carbocycles. The Morgan fingerprint density at radius 1 is 0.750 bits per heavy atom. The molecule has 0 aliphatic heterocycles. The van der Waals surface area contributed by atoms with E-state index in [1.165, 1.54) is 5.56 Å². The molecule has 4 rings (SSSR count). The minimum absolute atomic E-state index is 0.284. The molecule has 0 aliphatic rings. The number of sulfonamides is 1. The topological polar surface area (TPSA) is 84.0 Å². The smallest absolute Gasteiger partial charge is 0.241 e. The number of nitrogens with zero attached hydrogens (tertiary/aromatic N) is 2. The van der Waals surface area contributed by atoms with Gasteiger partial charge in [-0.2, -0.15) is 0 Å². The summed E-state index contributed by atoms with van der Waals surface area (Å²) in [5.41, 5.74) is 3.56. The molecule has 2 N–H and O–H groups in total. The summed E-state index contributed by atoms with van der Waals surface area (Å²) in [7, 11) is -3.57. The zero-order valence-corrected chi connectivity index (χ0v) is 18.6. The SMILES string of the molecule is O=S(=O)(NCCNCCCc1ccc(-c2cccnc2)cc1)c1cccc2cnccc12. The van der Waals surface area contributed by atoms with E-state index in [4.69, 9.17) is 0 Å². The van der Waals surface area contributed by atoms with Gasteiger partial charge < -0.3 is 5.32 Å². The van der Waals surface area contributed by atoms with E-state index in [1.54, 1.807) is 36.8 Å². The maximum Gasteiger partial charge on any atom is 0.241 e. The van der Waals surface area contributed by atoms with E-state index < -0.39 is 10.0 Å². The highest BCUT2D eigenvalue weighted by Gasteiger charge is 2.16. The van der Waals surface area contributed by atoms with Crippen molar-refractivity contribution in [1.29, 1.82) is 0 Å². The number of pyridine rings is 2. The summed E-state index contributed by atoms with van der Waals surface area (Å²) < 4.78 is 28.1. The van der Waals surface area contributed by atoms with Crippen LogP contribution in [0.4, 0.5) is 0 Å². The van der Waals surface area contributed by atoms with Gasteiger partial charge in [0.05, 0.1) is 4.90 Å². The second kappa shape index (κ2) is 10.5. The van der Waals surface area contributed by atoms with Crippen LogP contribution < -0.4 is 10.0 Å². The molecule has 0 atom stereocenters. The summed E-state index contributed by atoms with van der Waals surface area (Å²) in [5.74, 6) is 0. The molecule has 32 heavy (non-hydrogen) atoms. The van der Waals surface area contributed by atoms with Crippen molar-refractivity contribution in [3.8, 4) is 11.1 Å². The first-order valence-corrected chi connectivity index (χ1v) is 12.1. The molecule has 0 amide bonds. The summed E-state index contributed by atoms with van der Waals surface area (Å²) >= 11 is 0. The Bertz CT molecular complexity index is 1250. The number of aromatic nitrogens is 2. The zero-order chi connectivity index (χ0) is 22.2. The Hall–Kier alpha value is -3.13. The molecule has 4 aromatic rings. The number of fused-ring (bicyclic) bond motifs is 1. The number of hydrogen-bond donors (Lipinski definition) is 2. The molecule has 0 unspecified atom stereocenters. The van der Waals surface area contributed by atoms with Gasteiger partial charge in [-0.25, -0.2) is 13.1 Å². The first-order chi connectivity index (χ1) is 15.6. The predicted molar refractivity (Wildman–Crippen MR) is 128 cm³/mol. The quantitative estimate of drug-likeness (QED) is 0.362. The van der Waals surface area contributed by atoms with E-state index in [0.29, 0.717) is 18.5 Å². The van der Waals surface area contributed by atoms with Crippen LogP contribution in [0.25, 0.3) is 21.9 Å². The van der Waals surface area contributed by atoms with E-state index in [0.717, 1.165) is 35.9 Å². The lowest BCUT2D eigenvalue weighted by Gasteiger charge is -2.10. The van der Waals surface area contributed by atoms with E-state index in [-0.39, 0.29) is 4.90 Å². The van der Waals surface area contributed by atoms with Crippen molar-refractivity contribution < 1.29 is 8.42 Å². The number of hydrogen-bond acceptors (Lipinski definition) is 5. The third-order valence-corrected chi connectivity index (χ3v) is 6.81. The zero-order valence-electron chi connectivity index (χ0n) is 17.7. The Balaban J connectivity index is 1.19. The fraction of sp³-hybridized carbons (Fsp3) is 0.200. The summed E-state index contributed by atoms with van der Waals surface area (Å²) in [6.07, 6.45) is 8.87. The third-order valence-electron chi connectivity index (χ3n) is 5.29. The lowest BCUT2D eigenvalue weighted by Crippen LogP contribution is -2.32. The fourth-order valence-corrected chi connectivity index (χ4v) is 4.88. The van der Waals surface area contributed by atoms with Gasteiger partial charge in [0.25, 0.3) is 0 Å². The number of rotatable bonds is 10. The average Bonchev–Trinajstić information content (AvgIpc) is 2.84. The number of aryl methyl sites for hydroxylation is 1. The van der Waals surface area contributed by atoms with Gasteiger partial charge in [-0.3, -0.25) is 9.97 Å². The largest absolute Gasteiger partial charge is 0.315 e. The minimum atomic E-state index is -3.57. The number of nitrogens with one attached hydrogen (secondary N) is 2. The van der Waals surface area contributed by atoms with Crippen molar-refractivity contribution in [3.05, 3.63) is 91.0 Å². The molecule has 0 spiro atoms. The molecule has 164 valence electrons. The highest BCUT2D eigenvalue weighted by molar-refractivity contribution is 7.89. The summed E-state index contributed by atoms with van der Waals surface area (Å²) in [6.45, 7) is 1.74. The van der Waals surface area contributed by atoms with Crippen molar-refractivity contribution in [2.45, 2.75) is 17.7 Å². The Morgan fingerprint density at radius 3 is 2.41 bits per heavy atom.